The van der Waals surface area contributed by atoms with Crippen LogP contribution in [-0.4, -0.2) is 18.4 Å². The van der Waals surface area contributed by atoms with Gasteiger partial charge in [-0.2, -0.15) is 0 Å². The number of aryl methyl sites for hydroxylation is 1. The minimum atomic E-state index is -0.135. The first-order chi connectivity index (χ1) is 13.6. The van der Waals surface area contributed by atoms with Gasteiger partial charge in [0.05, 0.1) is 17.8 Å². The van der Waals surface area contributed by atoms with Crippen LogP contribution in [-0.2, 0) is 6.54 Å². The summed E-state index contributed by atoms with van der Waals surface area (Å²) in [5, 5.41) is 5.05. The van der Waals surface area contributed by atoms with Gasteiger partial charge in [-0.15, -0.1) is 11.3 Å². The molecule has 0 bridgehead atoms. The maximum absolute atomic E-state index is 13.0. The zero-order chi connectivity index (χ0) is 19.7. The number of nitrogens with one attached hydrogen (secondary N) is 1. The maximum Gasteiger partial charge on any atom is 0.259 e. The summed E-state index contributed by atoms with van der Waals surface area (Å²) in [6.07, 6.45) is 0. The van der Waals surface area contributed by atoms with Crippen molar-refractivity contribution < 1.29 is 9.59 Å². The third-order valence-electron chi connectivity index (χ3n) is 4.62. The molecule has 3 aromatic rings. The van der Waals surface area contributed by atoms with Gasteiger partial charge in [-0.25, -0.2) is 0 Å². The molecule has 0 fully saturated rings. The second-order valence-corrected chi connectivity index (χ2v) is 8.68. The Kier molecular flexibility index (Phi) is 5.24. The Morgan fingerprint density at radius 2 is 1.93 bits per heavy atom. The molecule has 28 heavy (non-hydrogen) atoms. The second kappa shape index (κ2) is 7.81. The van der Waals surface area contributed by atoms with E-state index < -0.39 is 0 Å². The number of hydrogen-bond donors (Lipinski definition) is 1. The van der Waals surface area contributed by atoms with Gasteiger partial charge in [-0.3, -0.25) is 9.59 Å². The van der Waals surface area contributed by atoms with Crippen molar-refractivity contribution >= 4 is 40.6 Å². The molecule has 1 aromatic heterocycles. The normalized spacial score (nSPS) is 12.9. The van der Waals surface area contributed by atoms with Crippen LogP contribution in [0.2, 0.25) is 0 Å². The minimum absolute atomic E-state index is 0.0315. The molecule has 0 saturated heterocycles. The fraction of sp³-hybridized carbons (Fsp3) is 0.182. The van der Waals surface area contributed by atoms with Crippen molar-refractivity contribution in [3.05, 3.63) is 75.5 Å². The first kappa shape index (κ1) is 18.8. The SMILES string of the molecule is CCN1C(=O)c2ccccc2Sc2ccc(C(=O)NCc3cc(C)cs3)cc21. The van der Waals surface area contributed by atoms with Crippen LogP contribution in [0.4, 0.5) is 5.69 Å². The highest BCUT2D eigenvalue weighted by molar-refractivity contribution is 7.99. The average molecular weight is 409 g/mol. The van der Waals surface area contributed by atoms with Gasteiger partial charge in [0.2, 0.25) is 0 Å². The topological polar surface area (TPSA) is 49.4 Å². The van der Waals surface area contributed by atoms with Gasteiger partial charge in [0.1, 0.15) is 0 Å². The van der Waals surface area contributed by atoms with E-state index in [1.165, 1.54) is 5.56 Å². The van der Waals surface area contributed by atoms with Gasteiger partial charge in [0.15, 0.2) is 0 Å². The number of hydrogen-bond acceptors (Lipinski definition) is 4. The first-order valence-electron chi connectivity index (χ1n) is 9.12. The van der Waals surface area contributed by atoms with Crippen molar-refractivity contribution in [2.75, 3.05) is 11.4 Å². The number of benzene rings is 2. The van der Waals surface area contributed by atoms with Crippen molar-refractivity contribution in [3.63, 3.8) is 0 Å². The maximum atomic E-state index is 13.0. The zero-order valence-electron chi connectivity index (χ0n) is 15.7. The lowest BCUT2D eigenvalue weighted by atomic mass is 10.1. The summed E-state index contributed by atoms with van der Waals surface area (Å²) in [6, 6.07) is 15.3. The van der Waals surface area contributed by atoms with E-state index in [-0.39, 0.29) is 11.8 Å². The van der Waals surface area contributed by atoms with E-state index in [1.807, 2.05) is 56.3 Å². The van der Waals surface area contributed by atoms with Crippen LogP contribution >= 0.6 is 23.1 Å². The van der Waals surface area contributed by atoms with Gasteiger partial charge in [-0.1, -0.05) is 23.9 Å². The van der Waals surface area contributed by atoms with Gasteiger partial charge in [0, 0.05) is 26.8 Å². The smallest absolute Gasteiger partial charge is 0.259 e. The van der Waals surface area contributed by atoms with E-state index >= 15 is 0 Å². The van der Waals surface area contributed by atoms with E-state index in [9.17, 15) is 9.59 Å². The molecule has 0 saturated carbocycles. The predicted octanol–water partition coefficient (Wildman–Crippen LogP) is 5.12. The highest BCUT2D eigenvalue weighted by Gasteiger charge is 2.26. The Labute approximate surface area is 172 Å². The van der Waals surface area contributed by atoms with Gasteiger partial charge < -0.3 is 10.2 Å². The monoisotopic (exact) mass is 408 g/mol. The number of rotatable bonds is 4. The number of carbonyl (C=O) groups excluding carboxylic acids is 2. The predicted molar refractivity (Wildman–Crippen MR) is 115 cm³/mol. The lowest BCUT2D eigenvalue weighted by Crippen LogP contribution is -2.31. The lowest BCUT2D eigenvalue weighted by Gasteiger charge is -2.21. The van der Waals surface area contributed by atoms with Crippen LogP contribution in [0.15, 0.2) is 63.7 Å². The van der Waals surface area contributed by atoms with Crippen LogP contribution in [0.1, 0.15) is 38.1 Å². The number of nitrogens with zero attached hydrogens (tertiary/aromatic N) is 1. The summed E-state index contributed by atoms with van der Waals surface area (Å²) in [5.41, 5.74) is 3.25. The molecule has 0 unspecified atom stereocenters. The van der Waals surface area contributed by atoms with Crippen LogP contribution < -0.4 is 10.2 Å². The van der Waals surface area contributed by atoms with Crippen LogP contribution in [0, 0.1) is 6.92 Å². The van der Waals surface area contributed by atoms with Crippen molar-refractivity contribution in [1.29, 1.82) is 0 Å². The van der Waals surface area contributed by atoms with Crippen molar-refractivity contribution in [2.45, 2.75) is 30.2 Å². The van der Waals surface area contributed by atoms with E-state index in [1.54, 1.807) is 28.0 Å². The first-order valence-corrected chi connectivity index (χ1v) is 10.8. The van der Waals surface area contributed by atoms with Crippen LogP contribution in [0.25, 0.3) is 0 Å². The second-order valence-electron chi connectivity index (χ2n) is 6.60. The Balaban J connectivity index is 1.63. The molecule has 4 rings (SSSR count). The van der Waals surface area contributed by atoms with E-state index in [4.69, 9.17) is 0 Å². The summed E-state index contributed by atoms with van der Waals surface area (Å²) in [7, 11) is 0. The number of amides is 2. The standard InChI is InChI=1S/C22H20N2O2S2/c1-3-24-18-11-15(21(25)23-12-16-10-14(2)13-27-16)8-9-20(18)28-19-7-5-4-6-17(19)22(24)26/h4-11,13H,3,12H2,1-2H3,(H,23,25). The molecular weight excluding hydrogens is 388 g/mol. The number of fused-ring (bicyclic) bond motifs is 2. The van der Waals surface area contributed by atoms with Crippen molar-refractivity contribution in [2.24, 2.45) is 0 Å². The Morgan fingerprint density at radius 3 is 2.68 bits per heavy atom. The molecule has 4 nitrogen and oxygen atoms in total. The molecule has 0 atom stereocenters. The van der Waals surface area contributed by atoms with Gasteiger partial charge >= 0.3 is 0 Å². The van der Waals surface area contributed by atoms with Crippen molar-refractivity contribution in [1.82, 2.24) is 5.32 Å². The summed E-state index contributed by atoms with van der Waals surface area (Å²) in [5.74, 6) is -0.167. The summed E-state index contributed by atoms with van der Waals surface area (Å²) in [6.45, 7) is 5.04. The highest BCUT2D eigenvalue weighted by atomic mass is 32.2. The van der Waals surface area contributed by atoms with Gasteiger partial charge in [-0.05, 0) is 61.2 Å². The number of anilines is 1. The largest absolute Gasteiger partial charge is 0.347 e. The fourth-order valence-corrected chi connectivity index (χ4v) is 5.10. The fourth-order valence-electron chi connectivity index (χ4n) is 3.23. The molecule has 2 aromatic carbocycles. The minimum Gasteiger partial charge on any atom is -0.347 e. The quantitative estimate of drug-likeness (QED) is 0.652. The molecular formula is C22H20N2O2S2. The van der Waals surface area contributed by atoms with Gasteiger partial charge in [0.25, 0.3) is 11.8 Å². The lowest BCUT2D eigenvalue weighted by molar-refractivity contribution is 0.0948. The Morgan fingerprint density at radius 1 is 1.11 bits per heavy atom. The molecule has 1 N–H and O–H groups in total. The van der Waals surface area contributed by atoms with Crippen LogP contribution in [0.5, 0.6) is 0 Å². The third-order valence-corrected chi connectivity index (χ3v) is 6.81. The van der Waals surface area contributed by atoms with E-state index in [0.717, 1.165) is 20.4 Å². The summed E-state index contributed by atoms with van der Waals surface area (Å²) < 4.78 is 0. The highest BCUT2D eigenvalue weighted by Crippen LogP contribution is 2.41. The molecule has 0 spiro atoms. The average Bonchev–Trinajstić information content (AvgIpc) is 3.08. The Bertz CT molecular complexity index is 1060. The summed E-state index contributed by atoms with van der Waals surface area (Å²) >= 11 is 3.21. The van der Waals surface area contributed by atoms with E-state index in [2.05, 4.69) is 16.8 Å². The molecule has 2 amide bonds. The molecule has 1 aliphatic heterocycles. The molecule has 0 radical (unpaired) electrons. The van der Waals surface area contributed by atoms with Crippen molar-refractivity contribution in [3.8, 4) is 0 Å². The third kappa shape index (κ3) is 3.57. The molecule has 1 aliphatic rings. The van der Waals surface area contributed by atoms with Crippen LogP contribution in [0.3, 0.4) is 0 Å². The summed E-state index contributed by atoms with van der Waals surface area (Å²) in [4.78, 5) is 30.5. The number of thiophene rings is 1. The zero-order valence-corrected chi connectivity index (χ0v) is 17.3. The molecule has 142 valence electrons. The molecule has 6 heteroatoms. The molecule has 2 heterocycles. The Hall–Kier alpha value is -2.57. The van der Waals surface area contributed by atoms with E-state index in [0.29, 0.717) is 24.2 Å². The molecule has 0 aliphatic carbocycles. The number of carbonyl (C=O) groups is 2.